The number of carboxylic acids is 1. The third kappa shape index (κ3) is 3.61. The van der Waals surface area contributed by atoms with Gasteiger partial charge in [0.25, 0.3) is 5.91 Å². The second kappa shape index (κ2) is 7.27. The molecule has 0 spiro atoms. The summed E-state index contributed by atoms with van der Waals surface area (Å²) >= 11 is 1.61. The molecule has 1 aromatic rings. The van der Waals surface area contributed by atoms with Gasteiger partial charge >= 0.3 is 5.97 Å². The van der Waals surface area contributed by atoms with Crippen molar-refractivity contribution in [1.29, 1.82) is 0 Å². The molecule has 1 aromatic heterocycles. The van der Waals surface area contributed by atoms with E-state index in [1.54, 1.807) is 11.3 Å². The molecule has 3 N–H and O–H groups in total. The summed E-state index contributed by atoms with van der Waals surface area (Å²) in [5.74, 6) is -2.60. The van der Waals surface area contributed by atoms with Crippen molar-refractivity contribution in [2.75, 3.05) is 0 Å². The van der Waals surface area contributed by atoms with Crippen molar-refractivity contribution in [1.82, 2.24) is 10.9 Å². The molecule has 2 bridgehead atoms. The molecule has 156 valence electrons. The molecule has 0 saturated heterocycles. The summed E-state index contributed by atoms with van der Waals surface area (Å²) in [4.78, 5) is 38.2. The average Bonchev–Trinajstić information content (AvgIpc) is 3.37. The zero-order valence-electron chi connectivity index (χ0n) is 17.0. The van der Waals surface area contributed by atoms with Gasteiger partial charge in [-0.2, -0.15) is 0 Å². The third-order valence-corrected chi connectivity index (χ3v) is 8.02. The molecule has 0 unspecified atom stereocenters. The van der Waals surface area contributed by atoms with Crippen molar-refractivity contribution in [3.8, 4) is 0 Å². The number of hydrazine groups is 1. The molecule has 3 aliphatic carbocycles. The first-order chi connectivity index (χ1) is 13.7. The molecule has 0 aliphatic heterocycles. The molecule has 29 heavy (non-hydrogen) atoms. The van der Waals surface area contributed by atoms with Crippen molar-refractivity contribution in [3.63, 3.8) is 0 Å². The van der Waals surface area contributed by atoms with Crippen molar-refractivity contribution >= 4 is 29.1 Å². The number of fused-ring (bicyclic) bond motifs is 3. The maximum Gasteiger partial charge on any atom is 0.307 e. The standard InChI is InChI=1S/C22H28N2O4S/c1-22(2,3)13-6-7-14-15(10-29-16(14)9-13)19(25)23-24-20(26)17-11-4-5-12(8-11)18(17)21(27)28/h4-5,10-13,17-18H,6-9H2,1-3H3,(H,23,25)(H,24,26)(H,27,28)/t11-,12-,13+,17-,18+/m0/s1. The van der Waals surface area contributed by atoms with Crippen LogP contribution in [0.4, 0.5) is 0 Å². The highest BCUT2D eigenvalue weighted by Crippen LogP contribution is 2.48. The minimum Gasteiger partial charge on any atom is -0.481 e. The van der Waals surface area contributed by atoms with Gasteiger partial charge in [0.15, 0.2) is 0 Å². The van der Waals surface area contributed by atoms with Crippen LogP contribution in [-0.2, 0) is 22.4 Å². The van der Waals surface area contributed by atoms with Crippen LogP contribution in [-0.4, -0.2) is 22.9 Å². The van der Waals surface area contributed by atoms with Gasteiger partial charge in [0, 0.05) is 10.3 Å². The van der Waals surface area contributed by atoms with Crippen molar-refractivity contribution < 1.29 is 19.5 Å². The van der Waals surface area contributed by atoms with E-state index >= 15 is 0 Å². The van der Waals surface area contributed by atoms with Gasteiger partial charge in [-0.3, -0.25) is 25.2 Å². The van der Waals surface area contributed by atoms with E-state index < -0.39 is 23.7 Å². The maximum atomic E-state index is 12.7. The summed E-state index contributed by atoms with van der Waals surface area (Å²) in [7, 11) is 0. The van der Waals surface area contributed by atoms with Gasteiger partial charge in [0.1, 0.15) is 0 Å². The lowest BCUT2D eigenvalue weighted by molar-refractivity contribution is -0.148. The number of carbonyl (C=O) groups is 3. The summed E-state index contributed by atoms with van der Waals surface area (Å²) in [6.45, 7) is 6.78. The normalized spacial score (nSPS) is 30.1. The number of carbonyl (C=O) groups excluding carboxylic acids is 2. The summed E-state index contributed by atoms with van der Waals surface area (Å²) < 4.78 is 0. The number of hydrogen-bond acceptors (Lipinski definition) is 4. The van der Waals surface area contributed by atoms with Crippen LogP contribution in [0.1, 0.15) is 54.4 Å². The minimum absolute atomic E-state index is 0.0683. The number of allylic oxidation sites excluding steroid dienone is 2. The fraction of sp³-hybridized carbons (Fsp3) is 0.591. The Kier molecular flexibility index (Phi) is 5.05. The molecular weight excluding hydrogens is 388 g/mol. The second-order valence-corrected chi connectivity index (χ2v) is 10.6. The third-order valence-electron chi connectivity index (χ3n) is 6.97. The Balaban J connectivity index is 1.40. The highest BCUT2D eigenvalue weighted by atomic mass is 32.1. The lowest BCUT2D eigenvalue weighted by Gasteiger charge is -2.34. The van der Waals surface area contributed by atoms with Crippen LogP contribution in [0.3, 0.4) is 0 Å². The predicted octanol–water partition coefficient (Wildman–Crippen LogP) is 3.18. The number of amides is 2. The van der Waals surface area contributed by atoms with Crippen LogP contribution >= 0.6 is 11.3 Å². The molecule has 1 fully saturated rings. The molecule has 3 aliphatic rings. The van der Waals surface area contributed by atoms with Crippen LogP contribution < -0.4 is 10.9 Å². The Bertz CT molecular complexity index is 882. The van der Waals surface area contributed by atoms with E-state index in [1.165, 1.54) is 4.88 Å². The number of hydrogen-bond donors (Lipinski definition) is 3. The fourth-order valence-corrected chi connectivity index (χ4v) is 6.39. The molecular formula is C22H28N2O4S. The van der Waals surface area contributed by atoms with E-state index in [4.69, 9.17) is 0 Å². The van der Waals surface area contributed by atoms with Gasteiger partial charge in [-0.1, -0.05) is 32.9 Å². The number of rotatable bonds is 3. The van der Waals surface area contributed by atoms with E-state index in [0.29, 0.717) is 17.9 Å². The van der Waals surface area contributed by atoms with Crippen LogP contribution in [0.2, 0.25) is 0 Å². The van der Waals surface area contributed by atoms with Gasteiger partial charge in [-0.15, -0.1) is 11.3 Å². The number of aliphatic carboxylic acids is 1. The number of carboxylic acid groups (broad SMARTS) is 1. The molecule has 6 nitrogen and oxygen atoms in total. The van der Waals surface area contributed by atoms with Crippen LogP contribution in [0.15, 0.2) is 17.5 Å². The SMILES string of the molecule is CC(C)(C)[C@@H]1CCc2c(C(=O)NNC(=O)[C@@H]3[C@H](C(=O)O)[C@H]4C=C[C@H]3C4)csc2C1. The maximum absolute atomic E-state index is 12.7. The number of nitrogens with one attached hydrogen (secondary N) is 2. The Morgan fingerprint density at radius 3 is 2.45 bits per heavy atom. The van der Waals surface area contributed by atoms with Gasteiger partial charge < -0.3 is 5.11 Å². The first-order valence-electron chi connectivity index (χ1n) is 10.3. The summed E-state index contributed by atoms with van der Waals surface area (Å²) in [6.07, 6.45) is 7.43. The molecule has 0 aromatic carbocycles. The summed E-state index contributed by atoms with van der Waals surface area (Å²) in [5.41, 5.74) is 6.97. The summed E-state index contributed by atoms with van der Waals surface area (Å²) in [6, 6.07) is 0. The fourth-order valence-electron chi connectivity index (χ4n) is 5.23. The Morgan fingerprint density at radius 1 is 1.10 bits per heavy atom. The van der Waals surface area contributed by atoms with Crippen LogP contribution in [0.5, 0.6) is 0 Å². The van der Waals surface area contributed by atoms with Gasteiger partial charge in [0.05, 0.1) is 17.4 Å². The first kappa shape index (κ1) is 20.1. The van der Waals surface area contributed by atoms with Crippen LogP contribution in [0, 0.1) is 35.0 Å². The predicted molar refractivity (Wildman–Crippen MR) is 110 cm³/mol. The quantitative estimate of drug-likeness (QED) is 0.521. The van der Waals surface area contributed by atoms with Crippen molar-refractivity contribution in [3.05, 3.63) is 33.5 Å². The smallest absolute Gasteiger partial charge is 0.307 e. The average molecular weight is 417 g/mol. The molecule has 0 radical (unpaired) electrons. The monoisotopic (exact) mass is 416 g/mol. The number of thiophene rings is 1. The van der Waals surface area contributed by atoms with Crippen LogP contribution in [0.25, 0.3) is 0 Å². The van der Waals surface area contributed by atoms with E-state index in [0.717, 1.165) is 24.8 Å². The lowest BCUT2D eigenvalue weighted by atomic mass is 9.72. The highest BCUT2D eigenvalue weighted by molar-refractivity contribution is 7.10. The zero-order chi connectivity index (χ0) is 20.9. The van der Waals surface area contributed by atoms with Crippen molar-refractivity contribution in [2.45, 2.75) is 46.5 Å². The summed E-state index contributed by atoms with van der Waals surface area (Å²) in [5, 5.41) is 11.4. The molecule has 4 rings (SSSR count). The minimum atomic E-state index is -0.950. The van der Waals surface area contributed by atoms with E-state index in [-0.39, 0.29) is 23.2 Å². The van der Waals surface area contributed by atoms with Gasteiger partial charge in [0.2, 0.25) is 5.91 Å². The van der Waals surface area contributed by atoms with E-state index in [1.807, 2.05) is 17.5 Å². The molecule has 5 atom stereocenters. The molecule has 7 heteroatoms. The second-order valence-electron chi connectivity index (χ2n) is 9.64. The van der Waals surface area contributed by atoms with E-state index in [2.05, 4.69) is 31.6 Å². The highest BCUT2D eigenvalue weighted by Gasteiger charge is 2.51. The zero-order valence-corrected chi connectivity index (χ0v) is 17.8. The Morgan fingerprint density at radius 2 is 1.79 bits per heavy atom. The molecule has 2 amide bonds. The first-order valence-corrected chi connectivity index (χ1v) is 11.2. The van der Waals surface area contributed by atoms with Gasteiger partial charge in [-0.25, -0.2) is 0 Å². The Labute approximate surface area is 174 Å². The largest absolute Gasteiger partial charge is 0.481 e. The van der Waals surface area contributed by atoms with Crippen molar-refractivity contribution in [2.24, 2.45) is 35.0 Å². The van der Waals surface area contributed by atoms with E-state index in [9.17, 15) is 19.5 Å². The topological polar surface area (TPSA) is 95.5 Å². The molecule has 1 saturated carbocycles. The lowest BCUT2D eigenvalue weighted by Crippen LogP contribution is -2.48. The Hall–Kier alpha value is -2.15. The van der Waals surface area contributed by atoms with Gasteiger partial charge in [-0.05, 0) is 54.4 Å². The molecule has 1 heterocycles.